The highest BCUT2D eigenvalue weighted by Gasteiger charge is 2.22. The summed E-state index contributed by atoms with van der Waals surface area (Å²) in [5, 5.41) is 9.22. The molecule has 20 heavy (non-hydrogen) atoms. The Bertz CT molecular complexity index is 748. The van der Waals surface area contributed by atoms with Crippen LogP contribution in [0.2, 0.25) is 5.02 Å². The van der Waals surface area contributed by atoms with E-state index < -0.39 is 15.8 Å². The van der Waals surface area contributed by atoms with Gasteiger partial charge in [-0.1, -0.05) is 11.6 Å². The minimum absolute atomic E-state index is 0.0640. The molecule has 0 aliphatic rings. The van der Waals surface area contributed by atoms with Crippen LogP contribution in [0.15, 0.2) is 32.9 Å². The molecule has 2 aromatic rings. The van der Waals surface area contributed by atoms with Gasteiger partial charge in [0.25, 0.3) is 10.0 Å². The predicted octanol–water partition coefficient (Wildman–Crippen LogP) is 3.60. The second-order valence-corrected chi connectivity index (χ2v) is 8.28. The molecule has 9 heteroatoms. The van der Waals surface area contributed by atoms with Crippen molar-refractivity contribution in [1.82, 2.24) is 0 Å². The Morgan fingerprint density at radius 1 is 1.40 bits per heavy atom. The van der Waals surface area contributed by atoms with Crippen molar-refractivity contribution in [1.29, 1.82) is 0 Å². The van der Waals surface area contributed by atoms with E-state index in [4.69, 9.17) is 16.7 Å². The molecule has 0 fully saturated rings. The van der Waals surface area contributed by atoms with Crippen LogP contribution in [0.5, 0.6) is 0 Å². The third-order valence-corrected chi connectivity index (χ3v) is 6.16. The lowest BCUT2D eigenvalue weighted by Crippen LogP contribution is -2.13. The van der Waals surface area contributed by atoms with E-state index in [1.54, 1.807) is 0 Å². The van der Waals surface area contributed by atoms with Crippen LogP contribution in [0, 0.1) is 5.82 Å². The maximum atomic E-state index is 13.6. The topological polar surface area (TPSA) is 66.4 Å². The maximum absolute atomic E-state index is 13.6. The van der Waals surface area contributed by atoms with E-state index in [9.17, 15) is 12.8 Å². The van der Waals surface area contributed by atoms with Crippen molar-refractivity contribution in [3.8, 4) is 0 Å². The van der Waals surface area contributed by atoms with Crippen LogP contribution < -0.4 is 4.72 Å². The normalized spacial score (nSPS) is 11.6. The van der Waals surface area contributed by atoms with Crippen LogP contribution in [0.4, 0.5) is 10.1 Å². The van der Waals surface area contributed by atoms with Crippen LogP contribution in [0.1, 0.15) is 4.88 Å². The summed E-state index contributed by atoms with van der Waals surface area (Å²) in [6.45, 7) is -0.273. The molecule has 4 nitrogen and oxygen atoms in total. The second-order valence-electron chi connectivity index (χ2n) is 3.74. The standard InChI is InChI=1S/C11H8BrClFNO3S2/c12-11-10(4-7(5-16)19-11)20(17,18)15-9-3-6(13)1-2-8(9)14/h1-4,15-16H,5H2. The molecule has 1 heterocycles. The summed E-state index contributed by atoms with van der Waals surface area (Å²) >= 11 is 9.90. The molecule has 0 atom stereocenters. The summed E-state index contributed by atoms with van der Waals surface area (Å²) in [4.78, 5) is 0.412. The van der Waals surface area contributed by atoms with E-state index >= 15 is 0 Å². The van der Waals surface area contributed by atoms with Crippen molar-refractivity contribution < 1.29 is 17.9 Å². The van der Waals surface area contributed by atoms with Crippen molar-refractivity contribution in [2.75, 3.05) is 4.72 Å². The molecule has 0 saturated heterocycles. The molecule has 0 spiro atoms. The van der Waals surface area contributed by atoms with Crippen molar-refractivity contribution >= 4 is 54.6 Å². The van der Waals surface area contributed by atoms with Crippen molar-refractivity contribution in [2.45, 2.75) is 11.5 Å². The zero-order valence-corrected chi connectivity index (χ0v) is 13.7. The molecule has 0 aliphatic carbocycles. The fourth-order valence-corrected chi connectivity index (χ4v) is 5.21. The van der Waals surface area contributed by atoms with Gasteiger partial charge in [-0.3, -0.25) is 4.72 Å². The summed E-state index contributed by atoms with van der Waals surface area (Å²) in [6.07, 6.45) is 0. The van der Waals surface area contributed by atoms with E-state index in [0.717, 1.165) is 17.4 Å². The van der Waals surface area contributed by atoms with Gasteiger partial charge in [-0.15, -0.1) is 11.3 Å². The average Bonchev–Trinajstić information content (AvgIpc) is 2.76. The number of thiophene rings is 1. The van der Waals surface area contributed by atoms with Crippen LogP contribution >= 0.6 is 38.9 Å². The number of halogens is 3. The number of sulfonamides is 1. The zero-order chi connectivity index (χ0) is 14.9. The molecule has 0 radical (unpaired) electrons. The van der Waals surface area contributed by atoms with Crippen molar-refractivity contribution in [2.24, 2.45) is 0 Å². The number of aliphatic hydroxyl groups excluding tert-OH is 1. The molecule has 108 valence electrons. The lowest BCUT2D eigenvalue weighted by Gasteiger charge is -2.08. The smallest absolute Gasteiger partial charge is 0.263 e. The monoisotopic (exact) mass is 399 g/mol. The molecular weight excluding hydrogens is 393 g/mol. The molecule has 0 amide bonds. The van der Waals surface area contributed by atoms with Gasteiger partial charge in [-0.05, 0) is 40.2 Å². The largest absolute Gasteiger partial charge is 0.391 e. The number of nitrogens with one attached hydrogen (secondary N) is 1. The zero-order valence-electron chi connectivity index (χ0n) is 9.73. The molecule has 0 unspecified atom stereocenters. The fourth-order valence-electron chi connectivity index (χ4n) is 1.43. The Labute approximate surface area is 132 Å². The second kappa shape index (κ2) is 5.98. The van der Waals surface area contributed by atoms with E-state index in [-0.39, 0.29) is 22.2 Å². The third kappa shape index (κ3) is 3.32. The molecule has 0 bridgehead atoms. The summed E-state index contributed by atoms with van der Waals surface area (Å²) < 4.78 is 40.4. The van der Waals surface area contributed by atoms with Crippen LogP contribution in [0.3, 0.4) is 0 Å². The lowest BCUT2D eigenvalue weighted by atomic mass is 10.3. The highest BCUT2D eigenvalue weighted by Crippen LogP contribution is 2.33. The molecule has 2 rings (SSSR count). The van der Waals surface area contributed by atoms with Gasteiger partial charge >= 0.3 is 0 Å². The highest BCUT2D eigenvalue weighted by atomic mass is 79.9. The number of aliphatic hydroxyl groups is 1. The van der Waals surface area contributed by atoms with Gasteiger partial charge in [-0.25, -0.2) is 12.8 Å². The molecule has 0 saturated carbocycles. The van der Waals surface area contributed by atoms with Gasteiger partial charge in [-0.2, -0.15) is 0 Å². The summed E-state index contributed by atoms with van der Waals surface area (Å²) in [5.41, 5.74) is -0.235. The molecule has 0 aliphatic heterocycles. The Kier molecular flexibility index (Phi) is 4.70. The first-order chi connectivity index (χ1) is 9.33. The van der Waals surface area contributed by atoms with Gasteiger partial charge in [0, 0.05) is 9.90 Å². The van der Waals surface area contributed by atoms with Crippen LogP contribution in [-0.4, -0.2) is 13.5 Å². The van der Waals surface area contributed by atoms with Gasteiger partial charge in [0.15, 0.2) is 0 Å². The van der Waals surface area contributed by atoms with Crippen LogP contribution in [0.25, 0.3) is 0 Å². The van der Waals surface area contributed by atoms with Crippen molar-refractivity contribution in [3.63, 3.8) is 0 Å². The Morgan fingerprint density at radius 3 is 2.70 bits per heavy atom. The summed E-state index contributed by atoms with van der Waals surface area (Å²) in [6, 6.07) is 4.89. The van der Waals surface area contributed by atoms with E-state index in [0.29, 0.717) is 8.66 Å². The summed E-state index contributed by atoms with van der Waals surface area (Å²) in [5.74, 6) is -0.730. The van der Waals surface area contributed by atoms with E-state index in [1.807, 2.05) is 0 Å². The molecule has 2 N–H and O–H groups in total. The van der Waals surface area contributed by atoms with Crippen molar-refractivity contribution in [3.05, 3.63) is 43.8 Å². The quantitative estimate of drug-likeness (QED) is 0.824. The van der Waals surface area contributed by atoms with E-state index in [1.165, 1.54) is 18.2 Å². The van der Waals surface area contributed by atoms with Gasteiger partial charge in [0.05, 0.1) is 16.1 Å². The SMILES string of the molecule is O=S(=O)(Nc1cc(Cl)ccc1F)c1cc(CO)sc1Br. The molecule has 1 aromatic carbocycles. The Morgan fingerprint density at radius 2 is 2.10 bits per heavy atom. The maximum Gasteiger partial charge on any atom is 0.263 e. The molecule has 1 aromatic heterocycles. The Balaban J connectivity index is 2.40. The molecular formula is C11H8BrClFNO3S2. The average molecular weight is 401 g/mol. The number of hydrogen-bond acceptors (Lipinski definition) is 4. The number of rotatable bonds is 4. The minimum atomic E-state index is -3.97. The number of benzene rings is 1. The first-order valence-corrected chi connectivity index (χ1v) is 8.67. The van der Waals surface area contributed by atoms with Gasteiger partial charge < -0.3 is 5.11 Å². The summed E-state index contributed by atoms with van der Waals surface area (Å²) in [7, 11) is -3.97. The number of anilines is 1. The fraction of sp³-hybridized carbons (Fsp3) is 0.0909. The van der Waals surface area contributed by atoms with E-state index in [2.05, 4.69) is 20.7 Å². The lowest BCUT2D eigenvalue weighted by molar-refractivity contribution is 0.285. The third-order valence-electron chi connectivity index (χ3n) is 2.32. The predicted molar refractivity (Wildman–Crippen MR) is 80.2 cm³/mol. The number of hydrogen-bond donors (Lipinski definition) is 2. The first-order valence-electron chi connectivity index (χ1n) is 5.20. The van der Waals surface area contributed by atoms with Gasteiger partial charge in [0.1, 0.15) is 10.7 Å². The first kappa shape index (κ1) is 15.7. The highest BCUT2D eigenvalue weighted by molar-refractivity contribution is 9.11. The Hall–Kier alpha value is -0.670. The van der Waals surface area contributed by atoms with Gasteiger partial charge in [0.2, 0.25) is 0 Å². The minimum Gasteiger partial charge on any atom is -0.391 e. The van der Waals surface area contributed by atoms with Crippen LogP contribution in [-0.2, 0) is 16.6 Å².